The van der Waals surface area contributed by atoms with Crippen LogP contribution >= 0.6 is 15.9 Å². The van der Waals surface area contributed by atoms with E-state index in [4.69, 9.17) is 0 Å². The van der Waals surface area contributed by atoms with Gasteiger partial charge in [-0.25, -0.2) is 8.42 Å². The maximum atomic E-state index is 12.9. The maximum Gasteiger partial charge on any atom is 0.233 e. The first-order chi connectivity index (χ1) is 10.3. The Hall–Kier alpha value is -0.920. The van der Waals surface area contributed by atoms with Gasteiger partial charge in [0, 0.05) is 30.7 Å². The van der Waals surface area contributed by atoms with Gasteiger partial charge in [0.15, 0.2) is 0 Å². The second-order valence-electron chi connectivity index (χ2n) is 6.05. The van der Waals surface area contributed by atoms with Gasteiger partial charge in [-0.2, -0.15) is 4.31 Å². The molecule has 1 aromatic carbocycles. The summed E-state index contributed by atoms with van der Waals surface area (Å²) in [6, 6.07) is 7.92. The Bertz CT molecular complexity index is 692. The molecular formula is C15H19BrN2O3S. The Balaban J connectivity index is 1.73. The van der Waals surface area contributed by atoms with Crippen LogP contribution in [0.25, 0.3) is 0 Å². The number of carbonyl (C=O) groups excluding carboxylic acids is 1. The predicted molar refractivity (Wildman–Crippen MR) is 88.1 cm³/mol. The number of amides is 1. The van der Waals surface area contributed by atoms with Gasteiger partial charge in [0.1, 0.15) is 0 Å². The van der Waals surface area contributed by atoms with E-state index in [9.17, 15) is 13.2 Å². The molecule has 0 spiro atoms. The second kappa shape index (κ2) is 5.62. The van der Waals surface area contributed by atoms with Crippen LogP contribution in [0.5, 0.6) is 0 Å². The lowest BCUT2D eigenvalue weighted by Gasteiger charge is -2.35. The Morgan fingerprint density at radius 2 is 1.82 bits per heavy atom. The van der Waals surface area contributed by atoms with Crippen molar-refractivity contribution in [1.29, 1.82) is 0 Å². The summed E-state index contributed by atoms with van der Waals surface area (Å²) in [6.45, 7) is 1.72. The van der Waals surface area contributed by atoms with Crippen molar-refractivity contribution in [2.24, 2.45) is 0 Å². The maximum absolute atomic E-state index is 12.9. The van der Waals surface area contributed by atoms with E-state index in [0.29, 0.717) is 26.2 Å². The van der Waals surface area contributed by atoms with Crippen LogP contribution in [0.2, 0.25) is 0 Å². The van der Waals surface area contributed by atoms with E-state index < -0.39 is 15.4 Å². The van der Waals surface area contributed by atoms with Gasteiger partial charge in [0.25, 0.3) is 0 Å². The third kappa shape index (κ3) is 2.94. The Morgan fingerprint density at radius 3 is 2.32 bits per heavy atom. The minimum absolute atomic E-state index is 0.138. The minimum atomic E-state index is -3.16. The van der Waals surface area contributed by atoms with Crippen LogP contribution in [0.4, 0.5) is 0 Å². The van der Waals surface area contributed by atoms with Gasteiger partial charge in [-0.3, -0.25) is 4.79 Å². The molecule has 1 amide bonds. The Labute approximate surface area is 139 Å². The summed E-state index contributed by atoms with van der Waals surface area (Å²) < 4.78 is 25.5. The molecule has 2 fully saturated rings. The number of halogens is 1. The lowest BCUT2D eigenvalue weighted by Crippen LogP contribution is -2.52. The van der Waals surface area contributed by atoms with Crippen molar-refractivity contribution in [3.05, 3.63) is 34.3 Å². The van der Waals surface area contributed by atoms with Crippen LogP contribution in [-0.4, -0.2) is 56.0 Å². The minimum Gasteiger partial charge on any atom is -0.339 e. The largest absolute Gasteiger partial charge is 0.339 e. The fraction of sp³-hybridized carbons (Fsp3) is 0.533. The van der Waals surface area contributed by atoms with Crippen molar-refractivity contribution in [3.63, 3.8) is 0 Å². The molecule has 1 aromatic rings. The second-order valence-corrected chi connectivity index (χ2v) is 8.94. The molecule has 0 bridgehead atoms. The number of piperazine rings is 1. The van der Waals surface area contributed by atoms with Crippen LogP contribution in [0, 0.1) is 0 Å². The molecule has 0 atom stereocenters. The number of hydrogen-bond acceptors (Lipinski definition) is 3. The van der Waals surface area contributed by atoms with Gasteiger partial charge < -0.3 is 4.90 Å². The van der Waals surface area contributed by atoms with Crippen LogP contribution in [0.1, 0.15) is 18.4 Å². The molecule has 120 valence electrons. The van der Waals surface area contributed by atoms with E-state index >= 15 is 0 Å². The highest BCUT2D eigenvalue weighted by Crippen LogP contribution is 2.50. The average molecular weight is 387 g/mol. The van der Waals surface area contributed by atoms with Crippen molar-refractivity contribution in [2.45, 2.75) is 18.3 Å². The smallest absolute Gasteiger partial charge is 0.233 e. The highest BCUT2D eigenvalue weighted by Gasteiger charge is 2.53. The molecule has 0 N–H and O–H groups in total. The number of carbonyl (C=O) groups is 1. The monoisotopic (exact) mass is 386 g/mol. The fourth-order valence-electron chi connectivity index (χ4n) is 3.06. The summed E-state index contributed by atoms with van der Waals surface area (Å²) in [4.78, 5) is 14.7. The highest BCUT2D eigenvalue weighted by atomic mass is 79.9. The molecule has 22 heavy (non-hydrogen) atoms. The van der Waals surface area contributed by atoms with Crippen molar-refractivity contribution in [1.82, 2.24) is 9.21 Å². The predicted octanol–water partition coefficient (Wildman–Crippen LogP) is 1.58. The SMILES string of the molecule is CS(=O)(=O)N1CCN(C(=O)C2(c3cccc(Br)c3)CC2)CC1. The van der Waals surface area contributed by atoms with Gasteiger partial charge >= 0.3 is 0 Å². The summed E-state index contributed by atoms with van der Waals surface area (Å²) in [7, 11) is -3.16. The number of nitrogens with zero attached hydrogens (tertiary/aromatic N) is 2. The third-order valence-corrected chi connectivity index (χ3v) is 6.33. The molecule has 5 nitrogen and oxygen atoms in total. The molecule has 1 aliphatic heterocycles. The van der Waals surface area contributed by atoms with Gasteiger partial charge in [0.05, 0.1) is 11.7 Å². The fourth-order valence-corrected chi connectivity index (χ4v) is 4.29. The molecule has 0 unspecified atom stereocenters. The first kappa shape index (κ1) is 16.0. The van der Waals surface area contributed by atoms with Crippen molar-refractivity contribution >= 4 is 31.9 Å². The lowest BCUT2D eigenvalue weighted by atomic mass is 9.94. The van der Waals surface area contributed by atoms with Crippen molar-refractivity contribution in [3.8, 4) is 0 Å². The standard InChI is InChI=1S/C15H19BrN2O3S/c1-22(20,21)18-9-7-17(8-10-18)14(19)15(5-6-15)12-3-2-4-13(16)11-12/h2-4,11H,5-10H2,1H3. The zero-order chi connectivity index (χ0) is 16.0. The molecule has 3 rings (SSSR count). The van der Waals surface area contributed by atoms with Crippen molar-refractivity contribution < 1.29 is 13.2 Å². The van der Waals surface area contributed by atoms with Crippen LogP contribution < -0.4 is 0 Å². The van der Waals surface area contributed by atoms with Gasteiger partial charge in [-0.05, 0) is 30.5 Å². The number of sulfonamides is 1. The molecule has 1 aliphatic carbocycles. The summed E-state index contributed by atoms with van der Waals surface area (Å²) in [6.07, 6.45) is 2.96. The summed E-state index contributed by atoms with van der Waals surface area (Å²) in [5.74, 6) is 0.138. The number of hydrogen-bond donors (Lipinski definition) is 0. The first-order valence-corrected chi connectivity index (χ1v) is 9.98. The molecule has 0 aromatic heterocycles. The molecule has 1 saturated heterocycles. The van der Waals surface area contributed by atoms with Gasteiger partial charge in [0.2, 0.25) is 15.9 Å². The molecule has 0 radical (unpaired) electrons. The number of benzene rings is 1. The quantitative estimate of drug-likeness (QED) is 0.792. The number of rotatable bonds is 3. The van der Waals surface area contributed by atoms with E-state index in [1.807, 2.05) is 29.2 Å². The molecule has 7 heteroatoms. The normalized spacial score (nSPS) is 21.6. The van der Waals surface area contributed by atoms with Gasteiger partial charge in [-0.15, -0.1) is 0 Å². The van der Waals surface area contributed by atoms with E-state index in [2.05, 4.69) is 15.9 Å². The summed E-state index contributed by atoms with van der Waals surface area (Å²) in [5, 5.41) is 0. The molecular weight excluding hydrogens is 368 g/mol. The zero-order valence-electron chi connectivity index (χ0n) is 12.5. The average Bonchev–Trinajstić information content (AvgIpc) is 3.27. The zero-order valence-corrected chi connectivity index (χ0v) is 14.9. The van der Waals surface area contributed by atoms with E-state index in [1.54, 1.807) is 0 Å². The Kier molecular flexibility index (Phi) is 4.07. The van der Waals surface area contributed by atoms with Crippen molar-refractivity contribution in [2.75, 3.05) is 32.4 Å². The highest BCUT2D eigenvalue weighted by molar-refractivity contribution is 9.10. The van der Waals surface area contributed by atoms with E-state index in [0.717, 1.165) is 22.9 Å². The summed E-state index contributed by atoms with van der Waals surface area (Å²) >= 11 is 3.46. The summed E-state index contributed by atoms with van der Waals surface area (Å²) in [5.41, 5.74) is 0.661. The van der Waals surface area contributed by atoms with E-state index in [-0.39, 0.29) is 5.91 Å². The molecule has 1 saturated carbocycles. The van der Waals surface area contributed by atoms with Gasteiger partial charge in [-0.1, -0.05) is 28.1 Å². The lowest BCUT2D eigenvalue weighted by molar-refractivity contribution is -0.135. The molecule has 2 aliphatic rings. The third-order valence-electron chi connectivity index (χ3n) is 4.53. The van der Waals surface area contributed by atoms with Crippen LogP contribution in [0.15, 0.2) is 28.7 Å². The van der Waals surface area contributed by atoms with Crippen LogP contribution in [-0.2, 0) is 20.2 Å². The van der Waals surface area contributed by atoms with E-state index in [1.165, 1.54) is 10.6 Å². The van der Waals surface area contributed by atoms with Crippen LogP contribution in [0.3, 0.4) is 0 Å². The Morgan fingerprint density at radius 1 is 1.18 bits per heavy atom. The first-order valence-electron chi connectivity index (χ1n) is 7.33. The topological polar surface area (TPSA) is 57.7 Å². The molecule has 1 heterocycles.